The maximum absolute atomic E-state index is 5.34. The van der Waals surface area contributed by atoms with Gasteiger partial charge in [0.1, 0.15) is 0 Å². The molecular formula is C16H17Br2NO2. The second-order valence-electron chi connectivity index (χ2n) is 4.59. The monoisotopic (exact) mass is 413 g/mol. The van der Waals surface area contributed by atoms with Crippen LogP contribution in [0.4, 0.5) is 5.69 Å². The van der Waals surface area contributed by atoms with Crippen LogP contribution in [-0.4, -0.2) is 14.2 Å². The Balaban J connectivity index is 2.22. The summed E-state index contributed by atoms with van der Waals surface area (Å²) in [5.41, 5.74) is 3.36. The number of hydrogen-bond donors (Lipinski definition) is 1. The Hall–Kier alpha value is -1.20. The van der Waals surface area contributed by atoms with Gasteiger partial charge in [0, 0.05) is 21.2 Å². The number of hydrogen-bond acceptors (Lipinski definition) is 3. The van der Waals surface area contributed by atoms with E-state index >= 15 is 0 Å². The van der Waals surface area contributed by atoms with E-state index < -0.39 is 0 Å². The van der Waals surface area contributed by atoms with Gasteiger partial charge in [-0.2, -0.15) is 0 Å². The van der Waals surface area contributed by atoms with E-state index in [0.717, 1.165) is 25.9 Å². The molecule has 0 unspecified atom stereocenters. The normalized spacial score (nSPS) is 10.3. The van der Waals surface area contributed by atoms with E-state index in [-0.39, 0.29) is 0 Å². The summed E-state index contributed by atoms with van der Waals surface area (Å²) in [6.07, 6.45) is 0. The Morgan fingerprint density at radius 3 is 2.38 bits per heavy atom. The fraction of sp³-hybridized carbons (Fsp3) is 0.250. The summed E-state index contributed by atoms with van der Waals surface area (Å²) in [7, 11) is 3.27. The highest BCUT2D eigenvalue weighted by atomic mass is 79.9. The minimum absolute atomic E-state index is 0.684. The second-order valence-corrected chi connectivity index (χ2v) is 6.24. The van der Waals surface area contributed by atoms with Crippen LogP contribution in [0.3, 0.4) is 0 Å². The number of ether oxygens (including phenoxy) is 2. The van der Waals surface area contributed by atoms with Crippen molar-refractivity contribution < 1.29 is 9.47 Å². The van der Waals surface area contributed by atoms with Crippen LogP contribution in [0.5, 0.6) is 11.5 Å². The molecule has 0 heterocycles. The highest BCUT2D eigenvalue weighted by Gasteiger charge is 2.10. The maximum Gasteiger partial charge on any atom is 0.161 e. The van der Waals surface area contributed by atoms with Crippen LogP contribution in [0.15, 0.2) is 39.3 Å². The van der Waals surface area contributed by atoms with Crippen LogP contribution in [-0.2, 0) is 6.54 Å². The van der Waals surface area contributed by atoms with Crippen LogP contribution < -0.4 is 14.8 Å². The first kappa shape index (κ1) is 16.2. The van der Waals surface area contributed by atoms with Crippen molar-refractivity contribution >= 4 is 37.5 Å². The number of anilines is 1. The molecule has 0 aliphatic heterocycles. The molecule has 112 valence electrons. The minimum atomic E-state index is 0.684. The number of nitrogens with one attached hydrogen (secondary N) is 1. The number of benzene rings is 2. The van der Waals surface area contributed by atoms with Gasteiger partial charge in [-0.1, -0.05) is 28.1 Å². The Morgan fingerprint density at radius 2 is 1.71 bits per heavy atom. The lowest BCUT2D eigenvalue weighted by molar-refractivity contribution is 0.354. The number of rotatable bonds is 5. The van der Waals surface area contributed by atoms with Crippen LogP contribution in [0.2, 0.25) is 0 Å². The first-order valence-corrected chi connectivity index (χ1v) is 8.04. The Bertz CT molecular complexity index is 644. The molecule has 2 aromatic carbocycles. The molecule has 0 aliphatic rings. The van der Waals surface area contributed by atoms with Crippen molar-refractivity contribution in [3.8, 4) is 11.5 Å². The average molecular weight is 415 g/mol. The van der Waals surface area contributed by atoms with E-state index in [1.807, 2.05) is 24.3 Å². The van der Waals surface area contributed by atoms with Gasteiger partial charge in [-0.25, -0.2) is 0 Å². The average Bonchev–Trinajstić information content (AvgIpc) is 2.49. The number of methoxy groups -OCH3 is 2. The maximum atomic E-state index is 5.34. The van der Waals surface area contributed by atoms with Crippen molar-refractivity contribution in [2.75, 3.05) is 19.5 Å². The Labute approximate surface area is 141 Å². The van der Waals surface area contributed by atoms with Crippen molar-refractivity contribution in [3.05, 3.63) is 50.4 Å². The second kappa shape index (κ2) is 7.18. The molecule has 2 rings (SSSR count). The van der Waals surface area contributed by atoms with Gasteiger partial charge in [-0.15, -0.1) is 0 Å². The molecule has 0 bridgehead atoms. The van der Waals surface area contributed by atoms with Crippen molar-refractivity contribution in [1.29, 1.82) is 0 Å². The van der Waals surface area contributed by atoms with Gasteiger partial charge in [0.05, 0.1) is 14.2 Å². The first-order chi connectivity index (χ1) is 10.1. The Kier molecular flexibility index (Phi) is 5.53. The number of halogens is 2. The summed E-state index contributed by atoms with van der Waals surface area (Å²) in [6, 6.07) is 10.0. The molecule has 3 nitrogen and oxygen atoms in total. The largest absolute Gasteiger partial charge is 0.493 e. The van der Waals surface area contributed by atoms with Crippen molar-refractivity contribution in [3.63, 3.8) is 0 Å². The lowest BCUT2D eigenvalue weighted by Crippen LogP contribution is -2.02. The molecule has 0 fully saturated rings. The zero-order chi connectivity index (χ0) is 15.4. The molecule has 2 aromatic rings. The van der Waals surface area contributed by atoms with Crippen LogP contribution in [0, 0.1) is 6.92 Å². The van der Waals surface area contributed by atoms with Gasteiger partial charge in [0.2, 0.25) is 0 Å². The van der Waals surface area contributed by atoms with Gasteiger partial charge in [-0.05, 0) is 52.2 Å². The SMILES string of the molecule is COc1cc(Br)c(CNc2cccc(C)c2Br)cc1OC. The topological polar surface area (TPSA) is 30.5 Å². The van der Waals surface area contributed by atoms with Crippen LogP contribution in [0.25, 0.3) is 0 Å². The predicted octanol–water partition coefficient (Wildman–Crippen LogP) is 5.15. The lowest BCUT2D eigenvalue weighted by atomic mass is 10.2. The predicted molar refractivity (Wildman–Crippen MR) is 93.5 cm³/mol. The third-order valence-corrected chi connectivity index (χ3v) is 5.00. The molecule has 0 aliphatic carbocycles. The van der Waals surface area contributed by atoms with E-state index in [1.54, 1.807) is 14.2 Å². The Morgan fingerprint density at radius 1 is 1.05 bits per heavy atom. The summed E-state index contributed by atoms with van der Waals surface area (Å²) < 4.78 is 12.7. The van der Waals surface area contributed by atoms with Gasteiger partial charge >= 0.3 is 0 Å². The minimum Gasteiger partial charge on any atom is -0.493 e. The molecule has 0 aromatic heterocycles. The van der Waals surface area contributed by atoms with E-state index in [1.165, 1.54) is 5.56 Å². The summed E-state index contributed by atoms with van der Waals surface area (Å²) in [6.45, 7) is 2.75. The molecule has 0 saturated heterocycles. The van der Waals surface area contributed by atoms with Gasteiger partial charge < -0.3 is 14.8 Å². The fourth-order valence-electron chi connectivity index (χ4n) is 2.01. The fourth-order valence-corrected chi connectivity index (χ4v) is 2.87. The van der Waals surface area contributed by atoms with Crippen molar-refractivity contribution in [2.45, 2.75) is 13.5 Å². The van der Waals surface area contributed by atoms with Gasteiger partial charge in [0.15, 0.2) is 11.5 Å². The lowest BCUT2D eigenvalue weighted by Gasteiger charge is -2.14. The summed E-state index contributed by atoms with van der Waals surface area (Å²) in [5.74, 6) is 1.44. The summed E-state index contributed by atoms with van der Waals surface area (Å²) in [4.78, 5) is 0. The van der Waals surface area contributed by atoms with E-state index in [4.69, 9.17) is 9.47 Å². The van der Waals surface area contributed by atoms with E-state index in [0.29, 0.717) is 12.3 Å². The molecule has 0 spiro atoms. The first-order valence-electron chi connectivity index (χ1n) is 6.46. The molecule has 0 radical (unpaired) electrons. The summed E-state index contributed by atoms with van der Waals surface area (Å²) >= 11 is 7.17. The molecule has 0 saturated carbocycles. The van der Waals surface area contributed by atoms with Crippen LogP contribution in [0.1, 0.15) is 11.1 Å². The molecule has 21 heavy (non-hydrogen) atoms. The third kappa shape index (κ3) is 3.71. The molecule has 0 atom stereocenters. The van der Waals surface area contributed by atoms with Crippen molar-refractivity contribution in [2.24, 2.45) is 0 Å². The van der Waals surface area contributed by atoms with Gasteiger partial charge in [-0.3, -0.25) is 0 Å². The highest BCUT2D eigenvalue weighted by molar-refractivity contribution is 9.11. The van der Waals surface area contributed by atoms with Crippen LogP contribution >= 0.6 is 31.9 Å². The standard InChI is InChI=1S/C16H17Br2NO2/c1-10-5-4-6-13(16(10)18)19-9-11-7-14(20-2)15(21-3)8-12(11)17/h4-8,19H,9H2,1-3H3. The summed E-state index contributed by atoms with van der Waals surface area (Å²) in [5, 5.41) is 3.43. The third-order valence-electron chi connectivity index (χ3n) is 3.21. The van der Waals surface area contributed by atoms with Gasteiger partial charge in [0.25, 0.3) is 0 Å². The molecule has 0 amide bonds. The van der Waals surface area contributed by atoms with E-state index in [9.17, 15) is 0 Å². The van der Waals surface area contributed by atoms with E-state index in [2.05, 4.69) is 50.2 Å². The zero-order valence-electron chi connectivity index (χ0n) is 12.2. The molecular weight excluding hydrogens is 398 g/mol. The molecule has 5 heteroatoms. The highest BCUT2D eigenvalue weighted by Crippen LogP contribution is 2.34. The number of aryl methyl sites for hydroxylation is 1. The molecule has 1 N–H and O–H groups in total. The quantitative estimate of drug-likeness (QED) is 0.733. The zero-order valence-corrected chi connectivity index (χ0v) is 15.3. The smallest absolute Gasteiger partial charge is 0.161 e. The van der Waals surface area contributed by atoms with Crippen molar-refractivity contribution in [1.82, 2.24) is 0 Å².